The third-order valence-electron chi connectivity index (χ3n) is 1.57. The van der Waals surface area contributed by atoms with Crippen LogP contribution in [0.4, 0.5) is 0 Å². The average Bonchev–Trinajstić information content (AvgIpc) is 2.52. The zero-order valence-electron chi connectivity index (χ0n) is 6.23. The summed E-state index contributed by atoms with van der Waals surface area (Å²) in [6.07, 6.45) is 3.82. The maximum atomic E-state index is 10.6. The molecule has 0 saturated carbocycles. The molecular formula is C7H7N3OS. The van der Waals surface area contributed by atoms with Crippen LogP contribution < -0.4 is 5.73 Å². The van der Waals surface area contributed by atoms with E-state index in [-0.39, 0.29) is 12.3 Å². The fourth-order valence-corrected chi connectivity index (χ4v) is 1.79. The van der Waals surface area contributed by atoms with Gasteiger partial charge in [-0.1, -0.05) is 0 Å². The molecule has 0 aliphatic carbocycles. The predicted molar refractivity (Wildman–Crippen MR) is 46.0 cm³/mol. The number of primary amides is 1. The van der Waals surface area contributed by atoms with E-state index in [9.17, 15) is 4.79 Å². The molecule has 0 aliphatic heterocycles. The van der Waals surface area contributed by atoms with Gasteiger partial charge in [0.05, 0.1) is 12.6 Å². The zero-order chi connectivity index (χ0) is 8.55. The number of rotatable bonds is 2. The number of fused-ring (bicyclic) bond motifs is 1. The second kappa shape index (κ2) is 2.60. The van der Waals surface area contributed by atoms with Crippen molar-refractivity contribution in [1.29, 1.82) is 0 Å². The first kappa shape index (κ1) is 7.30. The molecule has 0 spiro atoms. The van der Waals surface area contributed by atoms with Gasteiger partial charge in [-0.3, -0.25) is 9.20 Å². The number of thiazole rings is 1. The summed E-state index contributed by atoms with van der Waals surface area (Å²) in [5.41, 5.74) is 5.05. The minimum Gasteiger partial charge on any atom is -0.369 e. The Bertz CT molecular complexity index is 417. The lowest BCUT2D eigenvalue weighted by molar-refractivity contribution is -0.117. The van der Waals surface area contributed by atoms with Gasteiger partial charge in [0.25, 0.3) is 0 Å². The van der Waals surface area contributed by atoms with E-state index in [1.807, 2.05) is 16.0 Å². The number of amides is 1. The van der Waals surface area contributed by atoms with Crippen LogP contribution in [-0.2, 0) is 11.2 Å². The topological polar surface area (TPSA) is 60.4 Å². The summed E-state index contributed by atoms with van der Waals surface area (Å²) in [6.45, 7) is 0. The summed E-state index contributed by atoms with van der Waals surface area (Å²) in [5, 5.41) is 1.95. The molecule has 0 saturated heterocycles. The number of carbonyl (C=O) groups excluding carboxylic acids is 1. The van der Waals surface area contributed by atoms with Crippen LogP contribution in [0.3, 0.4) is 0 Å². The van der Waals surface area contributed by atoms with Crippen molar-refractivity contribution in [2.75, 3.05) is 0 Å². The van der Waals surface area contributed by atoms with Crippen LogP contribution in [0, 0.1) is 0 Å². The van der Waals surface area contributed by atoms with Gasteiger partial charge in [-0.25, -0.2) is 4.98 Å². The quantitative estimate of drug-likeness (QED) is 0.730. The van der Waals surface area contributed by atoms with Crippen LogP contribution in [0.5, 0.6) is 0 Å². The Morgan fingerprint density at radius 2 is 2.58 bits per heavy atom. The molecule has 12 heavy (non-hydrogen) atoms. The molecule has 0 fully saturated rings. The summed E-state index contributed by atoms with van der Waals surface area (Å²) in [4.78, 5) is 15.7. The molecule has 2 aromatic heterocycles. The molecule has 0 aromatic carbocycles. The molecule has 2 N–H and O–H groups in total. The molecular weight excluding hydrogens is 174 g/mol. The molecule has 2 rings (SSSR count). The lowest BCUT2D eigenvalue weighted by atomic mass is 10.4. The first-order chi connectivity index (χ1) is 5.77. The van der Waals surface area contributed by atoms with Crippen LogP contribution in [-0.4, -0.2) is 15.3 Å². The molecule has 4 nitrogen and oxygen atoms in total. The third-order valence-corrected chi connectivity index (χ3v) is 2.37. The maximum Gasteiger partial charge on any atom is 0.225 e. The molecule has 0 bridgehead atoms. The van der Waals surface area contributed by atoms with E-state index in [4.69, 9.17) is 5.73 Å². The van der Waals surface area contributed by atoms with E-state index in [0.717, 1.165) is 4.83 Å². The van der Waals surface area contributed by atoms with Crippen molar-refractivity contribution in [2.24, 2.45) is 5.73 Å². The van der Waals surface area contributed by atoms with Gasteiger partial charge in [0.15, 0.2) is 0 Å². The lowest BCUT2D eigenvalue weighted by Crippen LogP contribution is -2.15. The van der Waals surface area contributed by atoms with Crippen LogP contribution in [0.25, 0.3) is 4.83 Å². The molecule has 5 heteroatoms. The number of hydrogen-bond donors (Lipinski definition) is 1. The summed E-state index contributed by atoms with van der Waals surface area (Å²) >= 11 is 1.58. The Hall–Kier alpha value is -1.36. The van der Waals surface area contributed by atoms with Gasteiger partial charge >= 0.3 is 0 Å². The highest BCUT2D eigenvalue weighted by Crippen LogP contribution is 2.13. The van der Waals surface area contributed by atoms with E-state index in [0.29, 0.717) is 5.82 Å². The van der Waals surface area contributed by atoms with Crippen molar-refractivity contribution in [2.45, 2.75) is 6.42 Å². The van der Waals surface area contributed by atoms with E-state index in [1.165, 1.54) is 0 Å². The summed E-state index contributed by atoms with van der Waals surface area (Å²) in [7, 11) is 0. The highest BCUT2D eigenvalue weighted by atomic mass is 32.1. The van der Waals surface area contributed by atoms with Crippen molar-refractivity contribution in [1.82, 2.24) is 9.38 Å². The van der Waals surface area contributed by atoms with Crippen molar-refractivity contribution < 1.29 is 4.79 Å². The molecule has 1 amide bonds. The number of imidazole rings is 1. The first-order valence-electron chi connectivity index (χ1n) is 3.45. The highest BCUT2D eigenvalue weighted by Gasteiger charge is 2.06. The highest BCUT2D eigenvalue weighted by molar-refractivity contribution is 7.15. The standard InChI is InChI=1S/C7H7N3OS/c8-5(11)3-6-9-4-7-10(6)1-2-12-7/h1-2,4H,3H2,(H2,8,11). The van der Waals surface area contributed by atoms with Gasteiger partial charge in [0.1, 0.15) is 10.7 Å². The Labute approximate surface area is 72.6 Å². The van der Waals surface area contributed by atoms with Crippen molar-refractivity contribution in [3.8, 4) is 0 Å². The van der Waals surface area contributed by atoms with E-state index in [2.05, 4.69) is 4.98 Å². The van der Waals surface area contributed by atoms with Gasteiger partial charge in [0, 0.05) is 11.6 Å². The molecule has 2 heterocycles. The zero-order valence-corrected chi connectivity index (χ0v) is 7.04. The average molecular weight is 181 g/mol. The number of carbonyl (C=O) groups is 1. The van der Waals surface area contributed by atoms with Crippen LogP contribution >= 0.6 is 11.3 Å². The normalized spacial score (nSPS) is 10.7. The fourth-order valence-electron chi connectivity index (χ4n) is 1.08. The number of hydrogen-bond acceptors (Lipinski definition) is 3. The van der Waals surface area contributed by atoms with E-state index in [1.54, 1.807) is 17.5 Å². The van der Waals surface area contributed by atoms with Crippen LogP contribution in [0.1, 0.15) is 5.82 Å². The Balaban J connectivity index is 2.47. The maximum absolute atomic E-state index is 10.6. The molecule has 2 aromatic rings. The van der Waals surface area contributed by atoms with Crippen LogP contribution in [0.15, 0.2) is 17.8 Å². The molecule has 0 radical (unpaired) electrons. The third kappa shape index (κ3) is 1.08. The predicted octanol–water partition coefficient (Wildman–Crippen LogP) is 0.424. The number of nitrogens with two attached hydrogens (primary N) is 1. The smallest absolute Gasteiger partial charge is 0.225 e. The Kier molecular flexibility index (Phi) is 1.58. The van der Waals surface area contributed by atoms with Gasteiger partial charge in [-0.2, -0.15) is 0 Å². The van der Waals surface area contributed by atoms with Crippen molar-refractivity contribution >= 4 is 22.1 Å². The minimum absolute atomic E-state index is 0.199. The SMILES string of the molecule is NC(=O)Cc1ncc2sccn12. The monoisotopic (exact) mass is 181 g/mol. The van der Waals surface area contributed by atoms with Gasteiger partial charge in [-0.15, -0.1) is 11.3 Å². The van der Waals surface area contributed by atoms with Crippen molar-refractivity contribution in [3.63, 3.8) is 0 Å². The number of nitrogens with zero attached hydrogens (tertiary/aromatic N) is 2. The molecule has 62 valence electrons. The summed E-state index contributed by atoms with van der Waals surface area (Å²) < 4.78 is 1.87. The van der Waals surface area contributed by atoms with Crippen molar-refractivity contribution in [3.05, 3.63) is 23.6 Å². The molecule has 0 unspecified atom stereocenters. The van der Waals surface area contributed by atoms with E-state index >= 15 is 0 Å². The number of aromatic nitrogens is 2. The first-order valence-corrected chi connectivity index (χ1v) is 4.33. The van der Waals surface area contributed by atoms with Gasteiger partial charge in [-0.05, 0) is 0 Å². The molecule has 0 atom stereocenters. The summed E-state index contributed by atoms with van der Waals surface area (Å²) in [5.74, 6) is 0.354. The Morgan fingerprint density at radius 1 is 1.75 bits per heavy atom. The molecule has 0 aliphatic rings. The van der Waals surface area contributed by atoms with Gasteiger partial charge in [0.2, 0.25) is 5.91 Å². The minimum atomic E-state index is -0.353. The van der Waals surface area contributed by atoms with E-state index < -0.39 is 0 Å². The largest absolute Gasteiger partial charge is 0.369 e. The second-order valence-electron chi connectivity index (χ2n) is 2.43. The fraction of sp³-hybridized carbons (Fsp3) is 0.143. The van der Waals surface area contributed by atoms with Gasteiger partial charge < -0.3 is 5.73 Å². The second-order valence-corrected chi connectivity index (χ2v) is 3.35. The Morgan fingerprint density at radius 3 is 3.33 bits per heavy atom. The summed E-state index contributed by atoms with van der Waals surface area (Å²) in [6, 6.07) is 0. The van der Waals surface area contributed by atoms with Crippen LogP contribution in [0.2, 0.25) is 0 Å². The lowest BCUT2D eigenvalue weighted by Gasteiger charge is -1.92.